The number of para-hydroxylation sites is 1. The van der Waals surface area contributed by atoms with Crippen LogP contribution in [0, 0.1) is 0 Å². The molecule has 3 rings (SSSR count). The molecule has 1 amide bonds. The maximum atomic E-state index is 12.3. The number of aromatic nitrogens is 2. The number of carbonyl (C=O) groups is 1. The monoisotopic (exact) mass is 328 g/mol. The van der Waals surface area contributed by atoms with Crippen molar-refractivity contribution in [1.29, 1.82) is 0 Å². The van der Waals surface area contributed by atoms with Crippen molar-refractivity contribution in [3.05, 3.63) is 47.8 Å². The van der Waals surface area contributed by atoms with E-state index in [9.17, 15) is 4.79 Å². The molecule has 1 aromatic heterocycles. The number of carbonyl (C=O) groups excluding carboxylic acids is 1. The summed E-state index contributed by atoms with van der Waals surface area (Å²) in [6, 6.07) is 8.16. The molecule has 6 nitrogen and oxygen atoms in total. The SMILES string of the molecule is COc1ccccc1[C@H](CNC(=O)c1cnn(C)c1)N1CCCC1. The first-order valence-electron chi connectivity index (χ1n) is 8.33. The molecule has 2 heterocycles. The second kappa shape index (κ2) is 7.49. The molecule has 0 radical (unpaired) electrons. The number of rotatable bonds is 6. The number of ether oxygens (including phenoxy) is 1. The van der Waals surface area contributed by atoms with E-state index < -0.39 is 0 Å². The third-order valence-electron chi connectivity index (χ3n) is 4.50. The highest BCUT2D eigenvalue weighted by atomic mass is 16.5. The molecule has 0 unspecified atom stereocenters. The average Bonchev–Trinajstić information content (AvgIpc) is 3.27. The Morgan fingerprint density at radius 3 is 2.75 bits per heavy atom. The van der Waals surface area contributed by atoms with Gasteiger partial charge in [-0.15, -0.1) is 0 Å². The van der Waals surface area contributed by atoms with E-state index in [4.69, 9.17) is 4.74 Å². The van der Waals surface area contributed by atoms with Crippen LogP contribution in [0.1, 0.15) is 34.8 Å². The van der Waals surface area contributed by atoms with Crippen molar-refractivity contribution in [3.63, 3.8) is 0 Å². The van der Waals surface area contributed by atoms with Gasteiger partial charge < -0.3 is 10.1 Å². The molecular weight excluding hydrogens is 304 g/mol. The standard InChI is InChI=1S/C18H24N4O2/c1-21-13-14(11-20-21)18(23)19-12-16(22-9-5-6-10-22)15-7-3-4-8-17(15)24-2/h3-4,7-8,11,13,16H,5-6,9-10,12H2,1-2H3,(H,19,23)/t16-/m0/s1. The molecule has 1 saturated heterocycles. The summed E-state index contributed by atoms with van der Waals surface area (Å²) in [6.07, 6.45) is 5.71. The summed E-state index contributed by atoms with van der Waals surface area (Å²) in [7, 11) is 3.49. The minimum Gasteiger partial charge on any atom is -0.496 e. The largest absolute Gasteiger partial charge is 0.496 e. The number of nitrogens with zero attached hydrogens (tertiary/aromatic N) is 3. The molecular formula is C18H24N4O2. The molecule has 128 valence electrons. The Bertz CT molecular complexity index is 692. The molecule has 1 aromatic carbocycles. The number of aryl methyl sites for hydroxylation is 1. The number of methoxy groups -OCH3 is 1. The normalized spacial score (nSPS) is 16.1. The van der Waals surface area contributed by atoms with Crippen molar-refractivity contribution in [1.82, 2.24) is 20.0 Å². The number of likely N-dealkylation sites (tertiary alicyclic amines) is 1. The van der Waals surface area contributed by atoms with E-state index in [1.807, 2.05) is 18.2 Å². The molecule has 1 aliphatic rings. The Morgan fingerprint density at radius 1 is 1.33 bits per heavy atom. The summed E-state index contributed by atoms with van der Waals surface area (Å²) >= 11 is 0. The minimum atomic E-state index is -0.0952. The quantitative estimate of drug-likeness (QED) is 0.881. The van der Waals surface area contributed by atoms with E-state index in [0.29, 0.717) is 12.1 Å². The zero-order valence-corrected chi connectivity index (χ0v) is 14.2. The van der Waals surface area contributed by atoms with Gasteiger partial charge in [0.25, 0.3) is 5.91 Å². The highest BCUT2D eigenvalue weighted by Gasteiger charge is 2.26. The minimum absolute atomic E-state index is 0.0952. The number of nitrogens with one attached hydrogen (secondary N) is 1. The van der Waals surface area contributed by atoms with Gasteiger partial charge in [0.05, 0.1) is 24.9 Å². The Hall–Kier alpha value is -2.34. The predicted molar refractivity (Wildman–Crippen MR) is 92.1 cm³/mol. The summed E-state index contributed by atoms with van der Waals surface area (Å²) in [5.41, 5.74) is 1.70. The first kappa shape index (κ1) is 16.5. The molecule has 1 fully saturated rings. The van der Waals surface area contributed by atoms with Crippen molar-refractivity contribution in [3.8, 4) is 5.75 Å². The highest BCUT2D eigenvalue weighted by molar-refractivity contribution is 5.93. The number of hydrogen-bond donors (Lipinski definition) is 1. The summed E-state index contributed by atoms with van der Waals surface area (Å²) in [5.74, 6) is 0.771. The van der Waals surface area contributed by atoms with Crippen LogP contribution in [0.5, 0.6) is 5.75 Å². The van der Waals surface area contributed by atoms with Gasteiger partial charge in [0, 0.05) is 25.4 Å². The van der Waals surface area contributed by atoms with Gasteiger partial charge in [-0.1, -0.05) is 18.2 Å². The van der Waals surface area contributed by atoms with E-state index in [1.54, 1.807) is 31.2 Å². The van der Waals surface area contributed by atoms with Crippen molar-refractivity contribution in [2.24, 2.45) is 7.05 Å². The van der Waals surface area contributed by atoms with Gasteiger partial charge in [0.2, 0.25) is 0 Å². The zero-order chi connectivity index (χ0) is 16.9. The lowest BCUT2D eigenvalue weighted by Crippen LogP contribution is -2.37. The molecule has 2 aromatic rings. The Kier molecular flexibility index (Phi) is 5.15. The average molecular weight is 328 g/mol. The van der Waals surface area contributed by atoms with E-state index >= 15 is 0 Å². The lowest BCUT2D eigenvalue weighted by atomic mass is 10.0. The van der Waals surface area contributed by atoms with Crippen molar-refractivity contribution >= 4 is 5.91 Å². The third-order valence-corrected chi connectivity index (χ3v) is 4.50. The van der Waals surface area contributed by atoms with Crippen LogP contribution in [0.15, 0.2) is 36.7 Å². The molecule has 0 bridgehead atoms. The molecule has 6 heteroatoms. The molecule has 0 saturated carbocycles. The Labute approximate surface area is 142 Å². The van der Waals surface area contributed by atoms with Crippen molar-refractivity contribution < 1.29 is 9.53 Å². The summed E-state index contributed by atoms with van der Waals surface area (Å²) in [4.78, 5) is 14.8. The summed E-state index contributed by atoms with van der Waals surface area (Å²) in [6.45, 7) is 2.64. The molecule has 1 aliphatic heterocycles. The highest BCUT2D eigenvalue weighted by Crippen LogP contribution is 2.31. The van der Waals surface area contributed by atoms with Crippen LogP contribution < -0.4 is 10.1 Å². The van der Waals surface area contributed by atoms with E-state index in [2.05, 4.69) is 21.4 Å². The molecule has 1 N–H and O–H groups in total. The van der Waals surface area contributed by atoms with Crippen LogP contribution in [0.2, 0.25) is 0 Å². The topological polar surface area (TPSA) is 59.4 Å². The van der Waals surface area contributed by atoms with Crippen molar-refractivity contribution in [2.45, 2.75) is 18.9 Å². The van der Waals surface area contributed by atoms with Crippen LogP contribution in [0.3, 0.4) is 0 Å². The van der Waals surface area contributed by atoms with Crippen LogP contribution in [0.4, 0.5) is 0 Å². The van der Waals surface area contributed by atoms with Crippen molar-refractivity contribution in [2.75, 3.05) is 26.7 Å². The second-order valence-electron chi connectivity index (χ2n) is 6.11. The van der Waals surface area contributed by atoms with Crippen LogP contribution in [0.25, 0.3) is 0 Å². The predicted octanol–water partition coefficient (Wildman–Crippen LogP) is 2.00. The summed E-state index contributed by atoms with van der Waals surface area (Å²) < 4.78 is 7.16. The molecule has 0 spiro atoms. The van der Waals surface area contributed by atoms with Gasteiger partial charge in [-0.25, -0.2) is 0 Å². The zero-order valence-electron chi connectivity index (χ0n) is 14.2. The van der Waals surface area contributed by atoms with Gasteiger partial charge in [-0.2, -0.15) is 5.10 Å². The fourth-order valence-electron chi connectivity index (χ4n) is 3.26. The first-order chi connectivity index (χ1) is 11.7. The van der Waals surface area contributed by atoms with Crippen LogP contribution >= 0.6 is 0 Å². The van der Waals surface area contributed by atoms with Gasteiger partial charge in [-0.3, -0.25) is 14.4 Å². The number of hydrogen-bond acceptors (Lipinski definition) is 4. The number of benzene rings is 1. The van der Waals surface area contributed by atoms with Gasteiger partial charge in [0.15, 0.2) is 0 Å². The molecule has 0 aliphatic carbocycles. The van der Waals surface area contributed by atoms with Gasteiger partial charge >= 0.3 is 0 Å². The van der Waals surface area contributed by atoms with Crippen LogP contribution in [-0.2, 0) is 7.05 Å². The van der Waals surface area contributed by atoms with E-state index in [0.717, 1.165) is 24.4 Å². The molecule has 24 heavy (non-hydrogen) atoms. The lowest BCUT2D eigenvalue weighted by Gasteiger charge is -2.29. The smallest absolute Gasteiger partial charge is 0.254 e. The fraction of sp³-hybridized carbons (Fsp3) is 0.444. The Balaban J connectivity index is 1.76. The Morgan fingerprint density at radius 2 is 2.08 bits per heavy atom. The lowest BCUT2D eigenvalue weighted by molar-refractivity contribution is 0.0937. The first-order valence-corrected chi connectivity index (χ1v) is 8.33. The fourth-order valence-corrected chi connectivity index (χ4v) is 3.26. The van der Waals surface area contributed by atoms with E-state index in [1.165, 1.54) is 12.8 Å². The van der Waals surface area contributed by atoms with Gasteiger partial charge in [0.1, 0.15) is 5.75 Å². The maximum absolute atomic E-state index is 12.3. The number of amides is 1. The van der Waals surface area contributed by atoms with Crippen LogP contribution in [-0.4, -0.2) is 47.3 Å². The third kappa shape index (κ3) is 3.59. The second-order valence-corrected chi connectivity index (χ2v) is 6.11. The maximum Gasteiger partial charge on any atom is 0.254 e. The van der Waals surface area contributed by atoms with Gasteiger partial charge in [-0.05, 0) is 32.0 Å². The summed E-state index contributed by atoms with van der Waals surface area (Å²) in [5, 5.41) is 7.10. The molecule has 1 atom stereocenters. The van der Waals surface area contributed by atoms with E-state index in [-0.39, 0.29) is 11.9 Å².